The van der Waals surface area contributed by atoms with Crippen LogP contribution in [-0.2, 0) is 19.1 Å². The second-order valence-electron chi connectivity index (χ2n) is 5.96. The number of hydrogen-bond donors (Lipinski definition) is 0. The van der Waals surface area contributed by atoms with Crippen LogP contribution < -0.4 is 0 Å². The Labute approximate surface area is 160 Å². The van der Waals surface area contributed by atoms with Crippen molar-refractivity contribution in [1.29, 1.82) is 0 Å². The van der Waals surface area contributed by atoms with Crippen molar-refractivity contribution in [2.75, 3.05) is 6.54 Å². The van der Waals surface area contributed by atoms with Gasteiger partial charge in [0.2, 0.25) is 5.82 Å². The molecule has 0 fully saturated rings. The molecule has 0 radical (unpaired) electrons. The summed E-state index contributed by atoms with van der Waals surface area (Å²) in [7, 11) is 0. The number of hydrogen-bond acceptors (Lipinski definition) is 5. The molecule has 5 nitrogen and oxygen atoms in total. The van der Waals surface area contributed by atoms with Gasteiger partial charge in [-0.05, 0) is 36.2 Å². The summed E-state index contributed by atoms with van der Waals surface area (Å²) in [6.07, 6.45) is -4.08. The standard InChI is InChI=1S/C17H11ClF3N3O2S/c18-10-3-1-9(2-4-10)15(25)24-6-5-13-11(7-24)12(8-27-13)14-22-16(26-23-14)17(19,20)21/h1-4,8H,5-7H2. The molecule has 0 atom stereocenters. The number of rotatable bonds is 2. The number of aromatic nitrogens is 2. The largest absolute Gasteiger partial charge is 0.471 e. The molecular weight excluding hydrogens is 403 g/mol. The number of carbonyl (C=O) groups is 1. The fraction of sp³-hybridized carbons (Fsp3) is 0.235. The Bertz CT molecular complexity index is 998. The van der Waals surface area contributed by atoms with Crippen molar-refractivity contribution < 1.29 is 22.5 Å². The van der Waals surface area contributed by atoms with E-state index in [2.05, 4.69) is 14.7 Å². The lowest BCUT2D eigenvalue weighted by molar-refractivity contribution is -0.159. The molecule has 0 aliphatic carbocycles. The number of thiophene rings is 1. The molecule has 0 bridgehead atoms. The fourth-order valence-electron chi connectivity index (χ4n) is 2.90. The van der Waals surface area contributed by atoms with Gasteiger partial charge in [0.25, 0.3) is 5.91 Å². The first kappa shape index (κ1) is 18.0. The van der Waals surface area contributed by atoms with E-state index in [-0.39, 0.29) is 18.3 Å². The average molecular weight is 414 g/mol. The lowest BCUT2D eigenvalue weighted by Crippen LogP contribution is -2.35. The number of fused-ring (bicyclic) bond motifs is 1. The maximum atomic E-state index is 12.7. The van der Waals surface area contributed by atoms with Crippen molar-refractivity contribution in [3.8, 4) is 11.4 Å². The highest BCUT2D eigenvalue weighted by molar-refractivity contribution is 7.10. The van der Waals surface area contributed by atoms with Crippen LogP contribution in [0, 0.1) is 0 Å². The summed E-state index contributed by atoms with van der Waals surface area (Å²) in [4.78, 5) is 18.8. The van der Waals surface area contributed by atoms with E-state index in [0.717, 1.165) is 10.4 Å². The molecule has 27 heavy (non-hydrogen) atoms. The minimum atomic E-state index is -4.70. The third-order valence-electron chi connectivity index (χ3n) is 4.23. The van der Waals surface area contributed by atoms with Crippen molar-refractivity contribution in [1.82, 2.24) is 15.0 Å². The van der Waals surface area contributed by atoms with E-state index in [1.807, 2.05) is 0 Å². The van der Waals surface area contributed by atoms with Crippen molar-refractivity contribution in [2.24, 2.45) is 0 Å². The van der Waals surface area contributed by atoms with Gasteiger partial charge in [-0.2, -0.15) is 18.2 Å². The zero-order valence-corrected chi connectivity index (χ0v) is 15.2. The Hall–Kier alpha value is -2.39. The van der Waals surface area contributed by atoms with Gasteiger partial charge in [0, 0.05) is 39.5 Å². The third kappa shape index (κ3) is 3.44. The van der Waals surface area contributed by atoms with Gasteiger partial charge in [-0.25, -0.2) is 0 Å². The van der Waals surface area contributed by atoms with Crippen LogP contribution in [0.2, 0.25) is 5.02 Å². The van der Waals surface area contributed by atoms with Crippen molar-refractivity contribution in [3.05, 3.63) is 56.6 Å². The van der Waals surface area contributed by atoms with Gasteiger partial charge in [0.05, 0.1) is 0 Å². The molecule has 10 heteroatoms. The van der Waals surface area contributed by atoms with Crippen LogP contribution in [0.3, 0.4) is 0 Å². The predicted molar refractivity (Wildman–Crippen MR) is 92.5 cm³/mol. The molecule has 0 N–H and O–H groups in total. The van der Waals surface area contributed by atoms with Gasteiger partial charge in [0.1, 0.15) is 0 Å². The number of benzene rings is 1. The highest BCUT2D eigenvalue weighted by Crippen LogP contribution is 2.36. The zero-order chi connectivity index (χ0) is 19.2. The summed E-state index contributed by atoms with van der Waals surface area (Å²) in [6.45, 7) is 0.792. The number of amides is 1. The van der Waals surface area contributed by atoms with Crippen LogP contribution in [0.15, 0.2) is 34.2 Å². The Morgan fingerprint density at radius 3 is 2.67 bits per heavy atom. The average Bonchev–Trinajstić information content (AvgIpc) is 3.27. The van der Waals surface area contributed by atoms with Gasteiger partial charge in [0.15, 0.2) is 0 Å². The van der Waals surface area contributed by atoms with Crippen LogP contribution in [0.25, 0.3) is 11.4 Å². The number of alkyl halides is 3. The van der Waals surface area contributed by atoms with Crippen LogP contribution in [0.5, 0.6) is 0 Å². The summed E-state index contributed by atoms with van der Waals surface area (Å²) in [5.41, 5.74) is 1.71. The van der Waals surface area contributed by atoms with Crippen LogP contribution >= 0.6 is 22.9 Å². The van der Waals surface area contributed by atoms with Gasteiger partial charge < -0.3 is 9.42 Å². The zero-order valence-electron chi connectivity index (χ0n) is 13.6. The molecule has 0 unspecified atom stereocenters. The molecule has 3 heterocycles. The maximum Gasteiger partial charge on any atom is 0.471 e. The van der Waals surface area contributed by atoms with Crippen LogP contribution in [-0.4, -0.2) is 27.5 Å². The topological polar surface area (TPSA) is 59.2 Å². The van der Waals surface area contributed by atoms with Gasteiger partial charge >= 0.3 is 12.1 Å². The summed E-state index contributed by atoms with van der Waals surface area (Å²) in [5, 5.41) is 5.69. The highest BCUT2D eigenvalue weighted by Gasteiger charge is 2.39. The number of halogens is 4. The van der Waals surface area contributed by atoms with Gasteiger partial charge in [-0.15, -0.1) is 11.3 Å². The lowest BCUT2D eigenvalue weighted by Gasteiger charge is -2.27. The first-order valence-corrected chi connectivity index (χ1v) is 9.14. The first-order chi connectivity index (χ1) is 12.8. The Balaban J connectivity index is 1.61. The van der Waals surface area contributed by atoms with Crippen molar-refractivity contribution in [2.45, 2.75) is 19.1 Å². The molecule has 140 valence electrons. The van der Waals surface area contributed by atoms with E-state index < -0.39 is 12.1 Å². The molecule has 0 saturated heterocycles. The monoisotopic (exact) mass is 413 g/mol. The fourth-order valence-corrected chi connectivity index (χ4v) is 4.06. The lowest BCUT2D eigenvalue weighted by atomic mass is 10.0. The van der Waals surface area contributed by atoms with E-state index in [4.69, 9.17) is 11.6 Å². The summed E-state index contributed by atoms with van der Waals surface area (Å²) < 4.78 is 42.5. The normalized spacial score (nSPS) is 14.3. The van der Waals surface area contributed by atoms with Crippen LogP contribution in [0.1, 0.15) is 26.7 Å². The molecule has 4 rings (SSSR count). The van der Waals surface area contributed by atoms with E-state index >= 15 is 0 Å². The van der Waals surface area contributed by atoms with E-state index in [1.54, 1.807) is 34.5 Å². The van der Waals surface area contributed by atoms with E-state index in [9.17, 15) is 18.0 Å². The quantitative estimate of drug-likeness (QED) is 0.612. The SMILES string of the molecule is O=C(c1ccc(Cl)cc1)N1CCc2scc(-c3noc(C(F)(F)F)n3)c2C1. The summed E-state index contributed by atoms with van der Waals surface area (Å²) in [6, 6.07) is 6.56. The highest BCUT2D eigenvalue weighted by atomic mass is 35.5. The summed E-state index contributed by atoms with van der Waals surface area (Å²) in [5.74, 6) is -1.68. The van der Waals surface area contributed by atoms with Crippen molar-refractivity contribution in [3.63, 3.8) is 0 Å². The summed E-state index contributed by atoms with van der Waals surface area (Å²) >= 11 is 7.27. The van der Waals surface area contributed by atoms with Crippen LogP contribution in [0.4, 0.5) is 13.2 Å². The Morgan fingerprint density at radius 1 is 1.26 bits per heavy atom. The predicted octanol–water partition coefficient (Wildman–Crippen LogP) is 4.67. The van der Waals surface area contributed by atoms with E-state index in [1.165, 1.54) is 11.3 Å². The maximum absolute atomic E-state index is 12.7. The molecular formula is C17H11ClF3N3O2S. The second-order valence-corrected chi connectivity index (χ2v) is 7.36. The minimum absolute atomic E-state index is 0.124. The molecule has 2 aromatic heterocycles. The molecule has 3 aromatic rings. The van der Waals surface area contributed by atoms with E-state index in [0.29, 0.717) is 29.1 Å². The molecule has 1 amide bonds. The second kappa shape index (κ2) is 6.65. The Morgan fingerprint density at radius 2 is 2.00 bits per heavy atom. The minimum Gasteiger partial charge on any atom is -0.334 e. The van der Waals surface area contributed by atoms with Gasteiger partial charge in [-0.1, -0.05) is 16.8 Å². The third-order valence-corrected chi connectivity index (χ3v) is 5.57. The Kier molecular flexibility index (Phi) is 4.43. The number of carbonyl (C=O) groups excluding carboxylic acids is 1. The van der Waals surface area contributed by atoms with Crippen molar-refractivity contribution >= 4 is 28.8 Å². The molecule has 0 spiro atoms. The smallest absolute Gasteiger partial charge is 0.334 e. The van der Waals surface area contributed by atoms with Gasteiger partial charge in [-0.3, -0.25) is 4.79 Å². The molecule has 1 aliphatic heterocycles. The first-order valence-electron chi connectivity index (χ1n) is 7.88. The molecule has 1 aliphatic rings. The molecule has 1 aromatic carbocycles. The molecule has 0 saturated carbocycles. The number of nitrogens with zero attached hydrogens (tertiary/aromatic N) is 3.